The first-order chi connectivity index (χ1) is 10.1. The lowest BCUT2D eigenvalue weighted by Gasteiger charge is -2.12. The van der Waals surface area contributed by atoms with E-state index in [1.807, 2.05) is 6.92 Å². The maximum Gasteiger partial charge on any atom is 0.214 e. The summed E-state index contributed by atoms with van der Waals surface area (Å²) in [4.78, 5) is 8.30. The number of aryl methyl sites for hydroxylation is 1. The summed E-state index contributed by atoms with van der Waals surface area (Å²) in [6, 6.07) is 5.69. The van der Waals surface area contributed by atoms with Gasteiger partial charge in [0, 0.05) is 12.4 Å². The normalized spacial score (nSPS) is 12.5. The van der Waals surface area contributed by atoms with Crippen molar-refractivity contribution in [2.75, 3.05) is 0 Å². The summed E-state index contributed by atoms with van der Waals surface area (Å²) in [6.45, 7) is 2.19. The van der Waals surface area contributed by atoms with E-state index >= 15 is 0 Å². The fourth-order valence-electron chi connectivity index (χ4n) is 2.12. The molecule has 0 saturated carbocycles. The summed E-state index contributed by atoms with van der Waals surface area (Å²) in [5.41, 5.74) is 0.576. The van der Waals surface area contributed by atoms with E-state index in [0.717, 1.165) is 5.76 Å². The number of rotatable bonds is 4. The molecule has 0 saturated heterocycles. The number of aromatic nitrogens is 3. The number of hydrogen-bond donors (Lipinski definition) is 1. The molecule has 1 atom stereocenters. The minimum Gasteiger partial charge on any atom is -0.444 e. The van der Waals surface area contributed by atoms with Gasteiger partial charge in [-0.05, 0) is 24.6 Å². The molecule has 0 amide bonds. The Bertz CT molecular complexity index is 733. The van der Waals surface area contributed by atoms with Crippen molar-refractivity contribution < 1.29 is 13.9 Å². The molecule has 21 heavy (non-hydrogen) atoms. The smallest absolute Gasteiger partial charge is 0.214 e. The van der Waals surface area contributed by atoms with Gasteiger partial charge < -0.3 is 14.1 Å². The summed E-state index contributed by atoms with van der Waals surface area (Å²) in [6.07, 6.45) is 4.04. The number of benzene rings is 1. The molecule has 0 aliphatic carbocycles. The standard InChI is InChI=1S/C15H14FN3O2/c1-10-8-18-13(21-10)9-19-7-6-17-15(19)14(20)11-2-4-12(16)5-3-11/h2-8,14,20H,9H2,1H3. The van der Waals surface area contributed by atoms with Gasteiger partial charge >= 0.3 is 0 Å². The number of imidazole rings is 1. The summed E-state index contributed by atoms with van der Waals surface area (Å²) in [5, 5.41) is 10.4. The monoisotopic (exact) mass is 287 g/mol. The molecule has 0 fully saturated rings. The van der Waals surface area contributed by atoms with Crippen LogP contribution in [0.2, 0.25) is 0 Å². The molecule has 3 aromatic rings. The van der Waals surface area contributed by atoms with Gasteiger partial charge in [0.05, 0.1) is 6.20 Å². The first kappa shape index (κ1) is 13.5. The third-order valence-corrected chi connectivity index (χ3v) is 3.15. The molecule has 1 N–H and O–H groups in total. The van der Waals surface area contributed by atoms with Gasteiger partial charge in [-0.3, -0.25) is 0 Å². The van der Waals surface area contributed by atoms with Gasteiger partial charge in [0.1, 0.15) is 30.1 Å². The summed E-state index contributed by atoms with van der Waals surface area (Å²) >= 11 is 0. The molecule has 0 radical (unpaired) electrons. The van der Waals surface area contributed by atoms with Crippen molar-refractivity contribution in [3.63, 3.8) is 0 Å². The molecule has 5 nitrogen and oxygen atoms in total. The Kier molecular flexibility index (Phi) is 3.53. The lowest BCUT2D eigenvalue weighted by Crippen LogP contribution is -2.10. The molecular weight excluding hydrogens is 273 g/mol. The summed E-state index contributed by atoms with van der Waals surface area (Å²) in [7, 11) is 0. The van der Waals surface area contributed by atoms with Crippen LogP contribution in [0.5, 0.6) is 0 Å². The van der Waals surface area contributed by atoms with Crippen molar-refractivity contribution >= 4 is 0 Å². The van der Waals surface area contributed by atoms with E-state index in [-0.39, 0.29) is 5.82 Å². The molecule has 108 valence electrons. The maximum atomic E-state index is 12.9. The molecule has 1 unspecified atom stereocenters. The van der Waals surface area contributed by atoms with Crippen molar-refractivity contribution in [2.45, 2.75) is 19.6 Å². The Morgan fingerprint density at radius 1 is 1.29 bits per heavy atom. The average molecular weight is 287 g/mol. The molecule has 0 bridgehead atoms. The number of halogens is 1. The van der Waals surface area contributed by atoms with E-state index in [1.54, 1.807) is 23.2 Å². The summed E-state index contributed by atoms with van der Waals surface area (Å²) in [5.74, 6) is 1.38. The van der Waals surface area contributed by atoms with E-state index in [2.05, 4.69) is 9.97 Å². The second-order valence-electron chi connectivity index (χ2n) is 4.73. The van der Waals surface area contributed by atoms with Crippen LogP contribution in [0.15, 0.2) is 47.3 Å². The van der Waals surface area contributed by atoms with Crippen LogP contribution in [0.25, 0.3) is 0 Å². The van der Waals surface area contributed by atoms with Crippen LogP contribution in [-0.4, -0.2) is 19.6 Å². The van der Waals surface area contributed by atoms with Gasteiger partial charge in [-0.2, -0.15) is 0 Å². The minimum absolute atomic E-state index is 0.343. The fraction of sp³-hybridized carbons (Fsp3) is 0.200. The highest BCUT2D eigenvalue weighted by molar-refractivity contribution is 5.23. The number of nitrogens with zero attached hydrogens (tertiary/aromatic N) is 3. The lowest BCUT2D eigenvalue weighted by atomic mass is 10.1. The topological polar surface area (TPSA) is 64.1 Å². The fourth-order valence-corrected chi connectivity index (χ4v) is 2.12. The highest BCUT2D eigenvalue weighted by Gasteiger charge is 2.17. The molecule has 2 aromatic heterocycles. The van der Waals surface area contributed by atoms with Crippen LogP contribution in [0.3, 0.4) is 0 Å². The van der Waals surface area contributed by atoms with Crippen LogP contribution in [-0.2, 0) is 6.54 Å². The predicted molar refractivity (Wildman–Crippen MR) is 73.0 cm³/mol. The Labute approximate surface area is 120 Å². The zero-order valence-electron chi connectivity index (χ0n) is 11.4. The van der Waals surface area contributed by atoms with Crippen molar-refractivity contribution in [3.05, 3.63) is 71.7 Å². The quantitative estimate of drug-likeness (QED) is 0.800. The van der Waals surface area contributed by atoms with Crippen LogP contribution in [0, 0.1) is 12.7 Å². The first-order valence-electron chi connectivity index (χ1n) is 6.49. The minimum atomic E-state index is -0.934. The molecule has 3 rings (SSSR count). The van der Waals surface area contributed by atoms with E-state index in [9.17, 15) is 9.50 Å². The van der Waals surface area contributed by atoms with E-state index in [4.69, 9.17) is 4.42 Å². The third-order valence-electron chi connectivity index (χ3n) is 3.15. The number of aliphatic hydroxyl groups is 1. The van der Waals surface area contributed by atoms with Gasteiger partial charge in [-0.25, -0.2) is 14.4 Å². The van der Waals surface area contributed by atoms with Crippen molar-refractivity contribution in [1.29, 1.82) is 0 Å². The van der Waals surface area contributed by atoms with Crippen molar-refractivity contribution in [2.24, 2.45) is 0 Å². The van der Waals surface area contributed by atoms with Crippen LogP contribution < -0.4 is 0 Å². The molecule has 2 heterocycles. The van der Waals surface area contributed by atoms with E-state index in [1.165, 1.54) is 24.3 Å². The van der Waals surface area contributed by atoms with Gasteiger partial charge in [-0.15, -0.1) is 0 Å². The molecule has 6 heteroatoms. The summed E-state index contributed by atoms with van der Waals surface area (Å²) < 4.78 is 20.1. The Morgan fingerprint density at radius 2 is 2.05 bits per heavy atom. The molecular formula is C15H14FN3O2. The van der Waals surface area contributed by atoms with Gasteiger partial charge in [-0.1, -0.05) is 12.1 Å². The van der Waals surface area contributed by atoms with Crippen LogP contribution in [0.1, 0.15) is 29.1 Å². The zero-order valence-corrected chi connectivity index (χ0v) is 11.4. The van der Waals surface area contributed by atoms with Gasteiger partial charge in [0.15, 0.2) is 0 Å². The second-order valence-corrected chi connectivity index (χ2v) is 4.73. The SMILES string of the molecule is Cc1cnc(Cn2ccnc2C(O)c2ccc(F)cc2)o1. The van der Waals surface area contributed by atoms with Crippen LogP contribution in [0.4, 0.5) is 4.39 Å². The molecule has 0 spiro atoms. The lowest BCUT2D eigenvalue weighted by molar-refractivity contribution is 0.204. The second kappa shape index (κ2) is 5.49. The molecule has 1 aromatic carbocycles. The van der Waals surface area contributed by atoms with Crippen molar-refractivity contribution in [3.8, 4) is 0 Å². The Morgan fingerprint density at radius 3 is 2.71 bits per heavy atom. The molecule has 0 aliphatic rings. The van der Waals surface area contributed by atoms with Gasteiger partial charge in [0.2, 0.25) is 5.89 Å². The van der Waals surface area contributed by atoms with E-state index in [0.29, 0.717) is 23.8 Å². The maximum absolute atomic E-state index is 12.9. The zero-order chi connectivity index (χ0) is 14.8. The number of aliphatic hydroxyl groups excluding tert-OH is 1. The van der Waals surface area contributed by atoms with E-state index < -0.39 is 6.10 Å². The largest absolute Gasteiger partial charge is 0.444 e. The predicted octanol–water partition coefficient (Wildman–Crippen LogP) is 2.45. The van der Waals surface area contributed by atoms with Crippen molar-refractivity contribution in [1.82, 2.24) is 14.5 Å². The third kappa shape index (κ3) is 2.85. The first-order valence-corrected chi connectivity index (χ1v) is 6.49. The Balaban J connectivity index is 1.86. The number of hydrogen-bond acceptors (Lipinski definition) is 4. The number of oxazole rings is 1. The average Bonchev–Trinajstić information content (AvgIpc) is 3.09. The van der Waals surface area contributed by atoms with Gasteiger partial charge in [0.25, 0.3) is 0 Å². The molecule has 0 aliphatic heterocycles. The van der Waals surface area contributed by atoms with Crippen LogP contribution >= 0.6 is 0 Å². The Hall–Kier alpha value is -2.47. The highest BCUT2D eigenvalue weighted by Crippen LogP contribution is 2.21. The highest BCUT2D eigenvalue weighted by atomic mass is 19.1.